The van der Waals surface area contributed by atoms with Crippen molar-refractivity contribution in [3.8, 4) is 0 Å². The Balaban J connectivity index is 2.19. The predicted molar refractivity (Wildman–Crippen MR) is 83.4 cm³/mol. The van der Waals surface area contributed by atoms with E-state index in [0.717, 1.165) is 31.6 Å². The molecule has 1 aromatic carbocycles. The van der Waals surface area contributed by atoms with Crippen molar-refractivity contribution in [1.82, 2.24) is 10.2 Å². The molecular weight excluding hydrogens is 299 g/mol. The van der Waals surface area contributed by atoms with Gasteiger partial charge in [-0.25, -0.2) is 0 Å². The van der Waals surface area contributed by atoms with Crippen molar-refractivity contribution in [1.29, 1.82) is 0 Å². The van der Waals surface area contributed by atoms with Gasteiger partial charge < -0.3 is 15.5 Å². The minimum Gasteiger partial charge on any atom is -0.395 e. The Kier molecular flexibility index (Phi) is 9.18. The van der Waals surface area contributed by atoms with Crippen molar-refractivity contribution in [2.75, 3.05) is 39.4 Å². The number of benzene rings is 1. The molecule has 0 atom stereocenters. The summed E-state index contributed by atoms with van der Waals surface area (Å²) < 4.78 is 0. The smallest absolute Gasteiger partial charge is 0.0595 e. The summed E-state index contributed by atoms with van der Waals surface area (Å²) in [5.41, 5.74) is 1.10. The predicted octanol–water partition coefficient (Wildman–Crippen LogP) is 1.76. The highest BCUT2D eigenvalue weighted by Crippen LogP contribution is 2.22. The van der Waals surface area contributed by atoms with Crippen LogP contribution in [0.2, 0.25) is 10.0 Å². The second kappa shape index (κ2) is 10.4. The molecule has 3 N–H and O–H groups in total. The Morgan fingerprint density at radius 3 is 2.30 bits per heavy atom. The van der Waals surface area contributed by atoms with Crippen molar-refractivity contribution < 1.29 is 10.2 Å². The maximum Gasteiger partial charge on any atom is 0.0595 e. The average molecular weight is 321 g/mol. The van der Waals surface area contributed by atoms with Gasteiger partial charge in [0.1, 0.15) is 0 Å². The van der Waals surface area contributed by atoms with E-state index in [9.17, 15) is 0 Å². The first-order valence-electron chi connectivity index (χ1n) is 6.76. The molecule has 0 heterocycles. The third-order valence-corrected chi connectivity index (χ3v) is 3.71. The van der Waals surface area contributed by atoms with Crippen molar-refractivity contribution in [3.63, 3.8) is 0 Å². The number of nitrogens with zero attached hydrogens (tertiary/aromatic N) is 1. The first kappa shape index (κ1) is 17.7. The van der Waals surface area contributed by atoms with Crippen LogP contribution in [-0.2, 0) is 6.54 Å². The van der Waals surface area contributed by atoms with Gasteiger partial charge in [-0.15, -0.1) is 0 Å². The van der Waals surface area contributed by atoms with Crippen LogP contribution < -0.4 is 5.32 Å². The Bertz CT molecular complexity index is 385. The van der Waals surface area contributed by atoms with E-state index in [0.29, 0.717) is 23.1 Å². The molecule has 1 aromatic rings. The highest BCUT2D eigenvalue weighted by molar-refractivity contribution is 6.42. The number of hydrogen-bond acceptors (Lipinski definition) is 4. The molecule has 0 unspecified atom stereocenters. The van der Waals surface area contributed by atoms with Gasteiger partial charge in [-0.1, -0.05) is 29.3 Å². The van der Waals surface area contributed by atoms with Crippen LogP contribution in [0.25, 0.3) is 0 Å². The van der Waals surface area contributed by atoms with Gasteiger partial charge in [0.15, 0.2) is 0 Å². The lowest BCUT2D eigenvalue weighted by Crippen LogP contribution is -2.32. The molecule has 1 rings (SSSR count). The fraction of sp³-hybridized carbons (Fsp3) is 0.571. The molecule has 0 aliphatic heterocycles. The number of aliphatic hydroxyl groups excluding tert-OH is 2. The van der Waals surface area contributed by atoms with E-state index in [1.165, 1.54) is 0 Å². The molecular formula is C14H22Cl2N2O2. The maximum absolute atomic E-state index is 8.90. The van der Waals surface area contributed by atoms with Crippen LogP contribution in [0.5, 0.6) is 0 Å². The van der Waals surface area contributed by atoms with Gasteiger partial charge in [-0.2, -0.15) is 0 Å². The Labute approximate surface area is 130 Å². The highest BCUT2D eigenvalue weighted by atomic mass is 35.5. The molecule has 0 fully saturated rings. The monoisotopic (exact) mass is 320 g/mol. The summed E-state index contributed by atoms with van der Waals surface area (Å²) in [5.74, 6) is 0. The van der Waals surface area contributed by atoms with Gasteiger partial charge in [-0.3, -0.25) is 4.90 Å². The van der Waals surface area contributed by atoms with Crippen molar-refractivity contribution in [2.24, 2.45) is 0 Å². The fourth-order valence-corrected chi connectivity index (χ4v) is 2.25. The average Bonchev–Trinajstić information content (AvgIpc) is 2.43. The van der Waals surface area contributed by atoms with E-state index in [2.05, 4.69) is 5.32 Å². The SMILES string of the molecule is OCCN(CCO)CCCNCc1ccc(Cl)c(Cl)c1. The summed E-state index contributed by atoms with van der Waals surface area (Å²) in [6.45, 7) is 3.92. The Morgan fingerprint density at radius 1 is 1.00 bits per heavy atom. The molecule has 0 aromatic heterocycles. The molecule has 6 heteroatoms. The molecule has 4 nitrogen and oxygen atoms in total. The summed E-state index contributed by atoms with van der Waals surface area (Å²) in [5, 5.41) is 22.3. The van der Waals surface area contributed by atoms with Gasteiger partial charge in [0.2, 0.25) is 0 Å². The Morgan fingerprint density at radius 2 is 1.70 bits per heavy atom. The number of halogens is 2. The minimum absolute atomic E-state index is 0.122. The van der Waals surface area contributed by atoms with Crippen LogP contribution in [0.1, 0.15) is 12.0 Å². The van der Waals surface area contributed by atoms with Crippen LogP contribution in [0.15, 0.2) is 18.2 Å². The van der Waals surface area contributed by atoms with E-state index in [1.54, 1.807) is 6.07 Å². The molecule has 0 saturated carbocycles. The zero-order chi connectivity index (χ0) is 14.8. The minimum atomic E-state index is 0.122. The maximum atomic E-state index is 8.90. The Hall–Kier alpha value is -0.360. The van der Waals surface area contributed by atoms with E-state index in [4.69, 9.17) is 33.4 Å². The number of nitrogens with one attached hydrogen (secondary N) is 1. The van der Waals surface area contributed by atoms with E-state index in [1.807, 2.05) is 17.0 Å². The molecule has 0 radical (unpaired) electrons. The molecule has 0 bridgehead atoms. The first-order valence-corrected chi connectivity index (χ1v) is 7.51. The van der Waals surface area contributed by atoms with Gasteiger partial charge >= 0.3 is 0 Å². The molecule has 0 saturated heterocycles. The zero-order valence-corrected chi connectivity index (χ0v) is 13.0. The van der Waals surface area contributed by atoms with Crippen LogP contribution in [-0.4, -0.2) is 54.5 Å². The standard InChI is InChI=1S/C14H22Cl2N2O2/c15-13-3-2-12(10-14(13)16)11-17-4-1-5-18(6-8-19)7-9-20/h2-3,10,17,19-20H,1,4-9,11H2. The van der Waals surface area contributed by atoms with Crippen LogP contribution >= 0.6 is 23.2 Å². The van der Waals surface area contributed by atoms with Crippen LogP contribution in [0.4, 0.5) is 0 Å². The largest absolute Gasteiger partial charge is 0.395 e. The second-order valence-electron chi connectivity index (χ2n) is 4.57. The van der Waals surface area contributed by atoms with Crippen molar-refractivity contribution >= 4 is 23.2 Å². The lowest BCUT2D eigenvalue weighted by molar-refractivity contribution is 0.160. The molecule has 0 aliphatic rings. The normalized spacial score (nSPS) is 11.2. The fourth-order valence-electron chi connectivity index (χ4n) is 1.93. The summed E-state index contributed by atoms with van der Waals surface area (Å²) >= 11 is 11.8. The number of rotatable bonds is 10. The van der Waals surface area contributed by atoms with Gasteiger partial charge in [0.05, 0.1) is 23.3 Å². The summed E-state index contributed by atoms with van der Waals surface area (Å²) in [7, 11) is 0. The molecule has 0 amide bonds. The van der Waals surface area contributed by atoms with Gasteiger partial charge in [-0.05, 0) is 37.2 Å². The third-order valence-electron chi connectivity index (χ3n) is 2.97. The number of aliphatic hydroxyl groups is 2. The molecule has 20 heavy (non-hydrogen) atoms. The summed E-state index contributed by atoms with van der Waals surface area (Å²) in [4.78, 5) is 2.04. The molecule has 0 aliphatic carbocycles. The lowest BCUT2D eigenvalue weighted by Gasteiger charge is -2.19. The zero-order valence-electron chi connectivity index (χ0n) is 11.5. The molecule has 0 spiro atoms. The third kappa shape index (κ3) is 6.88. The van der Waals surface area contributed by atoms with E-state index < -0.39 is 0 Å². The first-order chi connectivity index (χ1) is 9.67. The van der Waals surface area contributed by atoms with Gasteiger partial charge in [0, 0.05) is 19.6 Å². The van der Waals surface area contributed by atoms with Gasteiger partial charge in [0.25, 0.3) is 0 Å². The lowest BCUT2D eigenvalue weighted by atomic mass is 10.2. The molecule has 114 valence electrons. The van der Waals surface area contributed by atoms with E-state index >= 15 is 0 Å². The van der Waals surface area contributed by atoms with Crippen molar-refractivity contribution in [3.05, 3.63) is 33.8 Å². The van der Waals surface area contributed by atoms with E-state index in [-0.39, 0.29) is 13.2 Å². The van der Waals surface area contributed by atoms with Crippen LogP contribution in [0, 0.1) is 0 Å². The second-order valence-corrected chi connectivity index (χ2v) is 5.38. The highest BCUT2D eigenvalue weighted by Gasteiger charge is 2.03. The summed E-state index contributed by atoms with van der Waals surface area (Å²) in [6.07, 6.45) is 0.960. The quantitative estimate of drug-likeness (QED) is 0.575. The topological polar surface area (TPSA) is 55.7 Å². The number of hydrogen-bond donors (Lipinski definition) is 3. The summed E-state index contributed by atoms with van der Waals surface area (Å²) in [6, 6.07) is 5.61. The van der Waals surface area contributed by atoms with Crippen LogP contribution in [0.3, 0.4) is 0 Å². The van der Waals surface area contributed by atoms with Crippen molar-refractivity contribution in [2.45, 2.75) is 13.0 Å².